The number of hydrogen-bond acceptors (Lipinski definition) is 6. The van der Waals surface area contributed by atoms with Crippen molar-refractivity contribution < 1.29 is 4.79 Å². The normalized spacial score (nSPS) is 15.7. The predicted molar refractivity (Wildman–Crippen MR) is 291 cm³/mol. The molecule has 66 heavy (non-hydrogen) atoms. The Balaban J connectivity index is 0.000000461. The maximum absolute atomic E-state index is 12.2. The summed E-state index contributed by atoms with van der Waals surface area (Å²) in [4.78, 5) is 23.3. The Labute approximate surface area is 405 Å². The van der Waals surface area contributed by atoms with Gasteiger partial charge in [0.25, 0.3) is 0 Å². The van der Waals surface area contributed by atoms with E-state index in [9.17, 15) is 4.79 Å². The first kappa shape index (κ1) is 59.3. The summed E-state index contributed by atoms with van der Waals surface area (Å²) in [6, 6.07) is 20.4. The molecule has 0 bridgehead atoms. The third-order valence-electron chi connectivity index (χ3n) is 11.9. The molecule has 8 nitrogen and oxygen atoms in total. The van der Waals surface area contributed by atoms with Gasteiger partial charge in [-0.2, -0.15) is 0 Å². The molecule has 0 aliphatic heterocycles. The summed E-state index contributed by atoms with van der Waals surface area (Å²) < 4.78 is 0. The Kier molecular flexibility index (Phi) is 32.8. The minimum Gasteiger partial charge on any atom is -0.387 e. The van der Waals surface area contributed by atoms with Crippen LogP contribution in [0, 0.1) is 29.6 Å². The number of aryl methyl sites for hydroxylation is 2. The molecule has 2 aromatic heterocycles. The molecule has 2 saturated carbocycles. The minimum atomic E-state index is -0.0541. The molecule has 2 aromatic carbocycles. The minimum absolute atomic E-state index is 0.0541. The van der Waals surface area contributed by atoms with E-state index >= 15 is 0 Å². The zero-order valence-electron chi connectivity index (χ0n) is 43.2. The quantitative estimate of drug-likeness (QED) is 0.0600. The summed E-state index contributed by atoms with van der Waals surface area (Å²) in [6.45, 7) is 36.4. The van der Waals surface area contributed by atoms with Gasteiger partial charge < -0.3 is 26.3 Å². The molecule has 0 saturated heterocycles. The highest BCUT2D eigenvalue weighted by atomic mass is 31.1. The number of carbonyl (C=O) groups excluding carboxylic acids is 1. The summed E-state index contributed by atoms with van der Waals surface area (Å²) in [5.41, 5.74) is 6.43. The van der Waals surface area contributed by atoms with Crippen LogP contribution in [-0.2, 0) is 24.2 Å². The lowest BCUT2D eigenvalue weighted by Gasteiger charge is -2.25. The van der Waals surface area contributed by atoms with Crippen LogP contribution in [0.3, 0.4) is 0 Å². The first-order valence-electron chi connectivity index (χ1n) is 25.0. The molecule has 2 aliphatic rings. The number of pyridine rings is 1. The lowest BCUT2D eigenvalue weighted by Crippen LogP contribution is -2.38. The predicted octanol–water partition coefficient (Wildman–Crippen LogP) is 13.9. The standard InChI is InChI=1S/C20H26N2O.C19H29N3.C7H14.C5H8N2.C4H10.C2H5P/c1-4-14-21-15(2)16(3)22-20(23)13-12-18-10-7-9-17-8-5-6-11-19(17)18;1-13(2)19(18-10-14(18)3)16(5)22-11-15(4)21-12-17-8-6-7-9-20-17;1-7-5-3-2-4-6-7;1-2-5-3-6-4-7-5;1-3-4-2;1-3-2/h5-11,16,21H,2,4,12-14H2,1,3H3,(H,22,23);6-9,13-14,18-19,21-22H,4-5,10-12H2,1-3H3;7H,2-6H2,1H3;3-4H,2H2,1H3,(H,6,7);3-4H2,1-2H3;1H2,2H3. The van der Waals surface area contributed by atoms with Crippen molar-refractivity contribution in [3.8, 4) is 0 Å². The van der Waals surface area contributed by atoms with Crippen LogP contribution in [-0.4, -0.2) is 53.0 Å². The van der Waals surface area contributed by atoms with Crippen LogP contribution >= 0.6 is 8.20 Å². The van der Waals surface area contributed by atoms with Crippen LogP contribution < -0.4 is 21.3 Å². The summed E-state index contributed by atoms with van der Waals surface area (Å²) in [5.74, 6) is 3.94. The number of aromatic amines is 1. The molecule has 5 N–H and O–H groups in total. The fraction of sp³-hybridized carbons (Fsp3) is 0.544. The molecule has 4 aromatic rings. The van der Waals surface area contributed by atoms with Gasteiger partial charge in [-0.25, -0.2) is 4.98 Å². The average molecular weight is 922 g/mol. The molecule has 0 spiro atoms. The molecule has 2 heterocycles. The lowest BCUT2D eigenvalue weighted by molar-refractivity contribution is -0.121. The number of carbonyl (C=O) groups is 1. The highest BCUT2D eigenvalue weighted by molar-refractivity contribution is 7.35. The number of benzene rings is 2. The summed E-state index contributed by atoms with van der Waals surface area (Å²) in [5, 5.41) is 15.5. The molecule has 9 heteroatoms. The lowest BCUT2D eigenvalue weighted by atomic mass is 9.87. The van der Waals surface area contributed by atoms with E-state index in [1.54, 1.807) is 6.33 Å². The van der Waals surface area contributed by atoms with Crippen LogP contribution in [0.5, 0.6) is 0 Å². The fourth-order valence-electron chi connectivity index (χ4n) is 7.51. The number of rotatable bonds is 19. The Morgan fingerprint density at radius 3 is 2.02 bits per heavy atom. The number of allylic oxidation sites excluding steroid dienone is 1. The van der Waals surface area contributed by atoms with Gasteiger partial charge in [0.2, 0.25) is 5.91 Å². The number of unbranched alkanes of at least 4 members (excludes halogenated alkanes) is 1. The number of aromatic nitrogens is 3. The summed E-state index contributed by atoms with van der Waals surface area (Å²) in [7, 11) is 1.17. The Morgan fingerprint density at radius 2 is 1.50 bits per heavy atom. The maximum atomic E-state index is 12.2. The second kappa shape index (κ2) is 36.4. The molecule has 0 radical (unpaired) electrons. The van der Waals surface area contributed by atoms with Crippen molar-refractivity contribution in [3.05, 3.63) is 133 Å². The van der Waals surface area contributed by atoms with Crippen LogP contribution in [0.4, 0.5) is 0 Å². The first-order chi connectivity index (χ1) is 31.8. The number of hydrogen-bond donors (Lipinski definition) is 5. The topological polar surface area (TPSA) is 107 Å². The molecule has 4 unspecified atom stereocenters. The van der Waals surface area contributed by atoms with E-state index in [0.29, 0.717) is 24.8 Å². The van der Waals surface area contributed by atoms with Crippen LogP contribution in [0.2, 0.25) is 0 Å². The van der Waals surface area contributed by atoms with Crippen molar-refractivity contribution in [1.29, 1.82) is 0 Å². The van der Waals surface area contributed by atoms with Gasteiger partial charge in [-0.05, 0) is 91.4 Å². The molecular formula is C57H92N7OP. The first-order valence-corrected chi connectivity index (χ1v) is 26.5. The maximum Gasteiger partial charge on any atom is 0.220 e. The molecule has 1 amide bonds. The van der Waals surface area contributed by atoms with Crippen LogP contribution in [0.15, 0.2) is 116 Å². The van der Waals surface area contributed by atoms with Crippen LogP contribution in [0.25, 0.3) is 10.8 Å². The van der Waals surface area contributed by atoms with Crippen LogP contribution in [0.1, 0.15) is 143 Å². The highest BCUT2D eigenvalue weighted by Gasteiger charge is 2.41. The second-order valence-electron chi connectivity index (χ2n) is 18.2. The second-order valence-corrected chi connectivity index (χ2v) is 18.8. The number of imidazole rings is 1. The third-order valence-corrected chi connectivity index (χ3v) is 11.9. The van der Waals surface area contributed by atoms with Crippen molar-refractivity contribution in [1.82, 2.24) is 36.2 Å². The van der Waals surface area contributed by atoms with Gasteiger partial charge in [-0.1, -0.05) is 175 Å². The number of nitrogens with one attached hydrogen (secondary N) is 5. The fourth-order valence-corrected chi connectivity index (χ4v) is 7.51. The van der Waals surface area contributed by atoms with Gasteiger partial charge in [-0.15, -0.1) is 8.20 Å². The highest BCUT2D eigenvalue weighted by Crippen LogP contribution is 2.48. The summed E-state index contributed by atoms with van der Waals surface area (Å²) in [6.07, 6.45) is 23.5. The number of nitrogens with zero attached hydrogens (tertiary/aromatic N) is 2. The SMILES string of the molecule is C=C(CNC(=C)C(C(C)C)C1CC1C)NCc1ccccn1.C=C(NCCC)C(C)NC(=O)CCc1cccc2ccccc12.C=PC.CC1CCCCC1.CCCC.CCc1cnc[nH]1. The number of H-pyrrole nitrogens is 1. The van der Waals surface area contributed by atoms with Gasteiger partial charge in [-0.3, -0.25) is 9.78 Å². The number of amides is 1. The van der Waals surface area contributed by atoms with Crippen molar-refractivity contribution in [2.45, 2.75) is 152 Å². The van der Waals surface area contributed by atoms with Crippen molar-refractivity contribution >= 4 is 31.2 Å². The molecular weight excluding hydrogens is 830 g/mol. The van der Waals surface area contributed by atoms with E-state index in [4.69, 9.17) is 0 Å². The zero-order chi connectivity index (χ0) is 49.1. The Hall–Kier alpha value is -4.68. The summed E-state index contributed by atoms with van der Waals surface area (Å²) >= 11 is 0. The molecule has 2 fully saturated rings. The molecule has 366 valence electrons. The molecule has 6 rings (SSSR count). The van der Waals surface area contributed by atoms with Crippen molar-refractivity contribution in [2.24, 2.45) is 29.6 Å². The average Bonchev–Trinajstić information content (AvgIpc) is 3.77. The third kappa shape index (κ3) is 26.5. The Morgan fingerprint density at radius 1 is 0.848 bits per heavy atom. The van der Waals surface area contributed by atoms with E-state index in [0.717, 1.165) is 72.9 Å². The largest absolute Gasteiger partial charge is 0.387 e. The van der Waals surface area contributed by atoms with E-state index in [1.807, 2.05) is 56.3 Å². The van der Waals surface area contributed by atoms with E-state index < -0.39 is 0 Å². The van der Waals surface area contributed by atoms with Gasteiger partial charge in [0.05, 0.1) is 31.2 Å². The Bertz CT molecular complexity index is 1880. The van der Waals surface area contributed by atoms with Crippen molar-refractivity contribution in [2.75, 3.05) is 19.8 Å². The monoisotopic (exact) mass is 922 g/mol. The number of fused-ring (bicyclic) bond motifs is 1. The zero-order valence-corrected chi connectivity index (χ0v) is 44.0. The van der Waals surface area contributed by atoms with Gasteiger partial charge in [0, 0.05) is 54.1 Å². The van der Waals surface area contributed by atoms with Gasteiger partial charge in [0.15, 0.2) is 0 Å². The molecule has 2 aliphatic carbocycles. The van der Waals surface area contributed by atoms with E-state index in [-0.39, 0.29) is 11.9 Å². The van der Waals surface area contributed by atoms with Gasteiger partial charge >= 0.3 is 0 Å². The molecule has 4 atom stereocenters. The van der Waals surface area contributed by atoms with Crippen molar-refractivity contribution in [3.63, 3.8) is 0 Å². The van der Waals surface area contributed by atoms with E-state index in [2.05, 4.69) is 148 Å². The smallest absolute Gasteiger partial charge is 0.220 e. The van der Waals surface area contributed by atoms with E-state index in [1.165, 1.54) is 81.6 Å². The van der Waals surface area contributed by atoms with Gasteiger partial charge in [0.1, 0.15) is 0 Å².